The third-order valence-electron chi connectivity index (χ3n) is 12.0. The molecule has 10 atom stereocenters. The molecule has 0 amide bonds. The van der Waals surface area contributed by atoms with E-state index in [1.165, 1.54) is 6.92 Å². The second kappa shape index (κ2) is 28.7. The summed E-state index contributed by atoms with van der Waals surface area (Å²) in [5.74, 6) is -0.860. The van der Waals surface area contributed by atoms with Gasteiger partial charge in [0.15, 0.2) is 18.7 Å². The van der Waals surface area contributed by atoms with Crippen molar-refractivity contribution in [3.05, 3.63) is 222 Å². The normalized spacial score (nSPS) is 20.0. The van der Waals surface area contributed by atoms with Crippen LogP contribution in [0.2, 0.25) is 0 Å². The van der Waals surface area contributed by atoms with Gasteiger partial charge >= 0.3 is 5.97 Å². The number of aliphatic hydroxyl groups is 1. The largest absolute Gasteiger partial charge is 0.457 e. The van der Waals surface area contributed by atoms with Gasteiger partial charge in [-0.05, 0) is 39.9 Å². The number of rotatable bonds is 29. The highest BCUT2D eigenvalue weighted by Crippen LogP contribution is 2.34. The van der Waals surface area contributed by atoms with Crippen molar-refractivity contribution >= 4 is 11.7 Å². The predicted octanol–water partition coefficient (Wildman–Crippen LogP) is 9.86. The summed E-state index contributed by atoms with van der Waals surface area (Å²) >= 11 is 0. The van der Waals surface area contributed by atoms with E-state index in [-0.39, 0.29) is 52.2 Å². The SMILES string of the molecule is C=CCOC(O)C(OC1OC(COCc2ccccc2)C(OC(C)=O)C(OCc2ccccc2)C1Nc1ccccc1)C(OCc1ccccc1)C(OCc1ccccc1)C(C)COCc1ccccc1. The zero-order chi connectivity index (χ0) is 49.5. The third kappa shape index (κ3) is 16.8. The average Bonchev–Trinajstić information content (AvgIpc) is 3.40. The molecule has 1 saturated heterocycles. The molecule has 0 radical (unpaired) electrons. The Bertz CT molecular complexity index is 2380. The van der Waals surface area contributed by atoms with Crippen molar-refractivity contribution in [3.8, 4) is 0 Å². The highest BCUT2D eigenvalue weighted by molar-refractivity contribution is 5.66. The van der Waals surface area contributed by atoms with Crippen molar-refractivity contribution < 1.29 is 52.5 Å². The summed E-state index contributed by atoms with van der Waals surface area (Å²) in [6.45, 7) is 8.65. The van der Waals surface area contributed by atoms with Crippen LogP contribution in [0.25, 0.3) is 0 Å². The minimum Gasteiger partial charge on any atom is -0.457 e. The second-order valence-corrected chi connectivity index (χ2v) is 17.5. The van der Waals surface area contributed by atoms with Gasteiger partial charge in [0.2, 0.25) is 0 Å². The van der Waals surface area contributed by atoms with Gasteiger partial charge in [-0.3, -0.25) is 4.79 Å². The lowest BCUT2D eigenvalue weighted by Gasteiger charge is -2.48. The van der Waals surface area contributed by atoms with Gasteiger partial charge in [0.25, 0.3) is 0 Å². The van der Waals surface area contributed by atoms with Crippen LogP contribution in [-0.2, 0) is 80.5 Å². The molecule has 0 spiro atoms. The first-order valence-corrected chi connectivity index (χ1v) is 24.2. The first-order valence-electron chi connectivity index (χ1n) is 24.2. The topological polar surface area (TPSA) is 132 Å². The zero-order valence-corrected chi connectivity index (χ0v) is 40.6. The van der Waals surface area contributed by atoms with E-state index in [2.05, 4.69) is 11.9 Å². The molecule has 1 heterocycles. The van der Waals surface area contributed by atoms with Gasteiger partial charge in [-0.15, -0.1) is 6.58 Å². The molecule has 10 unspecified atom stereocenters. The molecule has 12 heteroatoms. The summed E-state index contributed by atoms with van der Waals surface area (Å²) in [7, 11) is 0. The Morgan fingerprint density at radius 2 is 1.07 bits per heavy atom. The fraction of sp³-hybridized carbons (Fsp3) is 0.339. The first kappa shape index (κ1) is 52.8. The minimum atomic E-state index is -1.61. The molecule has 2 N–H and O–H groups in total. The van der Waals surface area contributed by atoms with Crippen LogP contribution in [0.1, 0.15) is 41.7 Å². The third-order valence-corrected chi connectivity index (χ3v) is 12.0. The molecule has 71 heavy (non-hydrogen) atoms. The number of aliphatic hydroxyl groups excluding tert-OH is 1. The van der Waals surface area contributed by atoms with Gasteiger partial charge in [0.05, 0.1) is 59.0 Å². The highest BCUT2D eigenvalue weighted by atomic mass is 16.7. The predicted molar refractivity (Wildman–Crippen MR) is 272 cm³/mol. The number of benzene rings is 6. The van der Waals surface area contributed by atoms with E-state index < -0.39 is 61.2 Å². The summed E-state index contributed by atoms with van der Waals surface area (Å²) in [6, 6.07) is 57.8. The summed E-state index contributed by atoms with van der Waals surface area (Å²) in [5.41, 5.74) is 5.42. The van der Waals surface area contributed by atoms with Gasteiger partial charge in [-0.1, -0.05) is 183 Å². The standard InChI is InChI=1S/C59H67NO11/c1-4-35-65-58(62)57(56(68-41-49-31-19-9-20-32-49)53(66-39-47-27-15-7-16-28-47)43(2)36-63-37-45-23-11-5-12-24-45)71-59-52(60-50-33-21-10-22-34-50)55(67-40-48-29-17-8-18-30-48)54(69-44(3)61)51(70-59)42-64-38-46-25-13-6-14-26-46/h4-34,43,51-60,62H,1,35-42H2,2-3H3. The maximum atomic E-state index is 13.1. The fourth-order valence-corrected chi connectivity index (χ4v) is 8.45. The number of carbonyl (C=O) groups is 1. The van der Waals surface area contributed by atoms with Crippen LogP contribution in [0, 0.1) is 5.92 Å². The molecule has 12 nitrogen and oxygen atoms in total. The Hall–Kier alpha value is -6.03. The van der Waals surface area contributed by atoms with Crippen molar-refractivity contribution in [1.29, 1.82) is 0 Å². The van der Waals surface area contributed by atoms with Crippen molar-refractivity contribution in [2.75, 3.05) is 25.1 Å². The molecule has 1 fully saturated rings. The summed E-state index contributed by atoms with van der Waals surface area (Å²) in [6.07, 6.45) is -7.21. The second-order valence-electron chi connectivity index (χ2n) is 17.5. The maximum Gasteiger partial charge on any atom is 0.303 e. The van der Waals surface area contributed by atoms with E-state index >= 15 is 0 Å². The van der Waals surface area contributed by atoms with Gasteiger partial charge in [0, 0.05) is 18.5 Å². The van der Waals surface area contributed by atoms with E-state index in [9.17, 15) is 9.90 Å². The molecule has 0 saturated carbocycles. The lowest BCUT2D eigenvalue weighted by atomic mass is 9.94. The molecule has 6 aromatic carbocycles. The first-order chi connectivity index (χ1) is 34.8. The van der Waals surface area contributed by atoms with Crippen LogP contribution in [-0.4, -0.2) is 86.1 Å². The van der Waals surface area contributed by atoms with Gasteiger partial charge in [0.1, 0.15) is 30.5 Å². The van der Waals surface area contributed by atoms with Crippen molar-refractivity contribution in [2.45, 2.75) is 102 Å². The molecule has 1 aliphatic heterocycles. The van der Waals surface area contributed by atoms with Crippen LogP contribution in [0.15, 0.2) is 195 Å². The van der Waals surface area contributed by atoms with E-state index in [0.29, 0.717) is 12.3 Å². The number of carbonyl (C=O) groups excluding carboxylic acids is 1. The van der Waals surface area contributed by atoms with Gasteiger partial charge in [-0.2, -0.15) is 0 Å². The summed E-state index contributed by atoms with van der Waals surface area (Å²) in [4.78, 5) is 13.1. The van der Waals surface area contributed by atoms with Crippen LogP contribution in [0.3, 0.4) is 0 Å². The molecule has 0 bridgehead atoms. The molecular formula is C59H67NO11. The fourth-order valence-electron chi connectivity index (χ4n) is 8.45. The lowest BCUT2D eigenvalue weighted by molar-refractivity contribution is -0.326. The summed E-state index contributed by atoms with van der Waals surface area (Å²) in [5, 5.41) is 16.0. The number of para-hydroxylation sites is 1. The molecule has 1 aliphatic rings. The molecule has 0 aliphatic carbocycles. The Labute approximate surface area is 418 Å². The Kier molecular flexibility index (Phi) is 21.4. The Morgan fingerprint density at radius 3 is 1.58 bits per heavy atom. The number of nitrogens with one attached hydrogen (secondary N) is 1. The molecule has 6 aromatic rings. The monoisotopic (exact) mass is 965 g/mol. The number of ether oxygens (including phenoxy) is 9. The number of hydrogen-bond acceptors (Lipinski definition) is 12. The molecule has 7 rings (SSSR count). The lowest BCUT2D eigenvalue weighted by Crippen LogP contribution is -2.65. The van der Waals surface area contributed by atoms with Crippen molar-refractivity contribution in [2.24, 2.45) is 5.92 Å². The minimum absolute atomic E-state index is 0.0112. The summed E-state index contributed by atoms with van der Waals surface area (Å²) < 4.78 is 60.1. The van der Waals surface area contributed by atoms with E-state index in [1.807, 2.05) is 189 Å². The number of hydrogen-bond donors (Lipinski definition) is 2. The van der Waals surface area contributed by atoms with E-state index in [1.54, 1.807) is 6.08 Å². The van der Waals surface area contributed by atoms with Crippen LogP contribution < -0.4 is 5.32 Å². The smallest absolute Gasteiger partial charge is 0.303 e. The quantitative estimate of drug-likeness (QED) is 0.0264. The molecular weight excluding hydrogens is 899 g/mol. The highest BCUT2D eigenvalue weighted by Gasteiger charge is 2.52. The Balaban J connectivity index is 1.31. The van der Waals surface area contributed by atoms with Gasteiger partial charge in [-0.25, -0.2) is 0 Å². The van der Waals surface area contributed by atoms with Crippen molar-refractivity contribution in [1.82, 2.24) is 0 Å². The van der Waals surface area contributed by atoms with E-state index in [4.69, 9.17) is 42.6 Å². The molecule has 0 aromatic heterocycles. The van der Waals surface area contributed by atoms with Crippen molar-refractivity contribution in [3.63, 3.8) is 0 Å². The zero-order valence-electron chi connectivity index (χ0n) is 40.6. The number of esters is 1. The van der Waals surface area contributed by atoms with Crippen LogP contribution >= 0.6 is 0 Å². The van der Waals surface area contributed by atoms with Gasteiger partial charge < -0.3 is 53.1 Å². The van der Waals surface area contributed by atoms with E-state index in [0.717, 1.165) is 27.8 Å². The maximum absolute atomic E-state index is 13.1. The Morgan fingerprint density at radius 1 is 0.606 bits per heavy atom. The average molecular weight is 966 g/mol. The van der Waals surface area contributed by atoms with Crippen LogP contribution in [0.5, 0.6) is 0 Å². The molecule has 374 valence electrons. The number of anilines is 1. The van der Waals surface area contributed by atoms with Crippen LogP contribution in [0.4, 0.5) is 5.69 Å².